The lowest BCUT2D eigenvalue weighted by molar-refractivity contribution is -0.119. The number of fused-ring (bicyclic) bond motifs is 1. The molecule has 1 aromatic rings. The first-order chi connectivity index (χ1) is 7.16. The maximum absolute atomic E-state index is 11.4. The zero-order valence-electron chi connectivity index (χ0n) is 7.49. The molecule has 1 heterocycles. The molecule has 0 radical (unpaired) electrons. The number of anilines is 2. The molecule has 0 aromatic heterocycles. The minimum Gasteiger partial charge on any atom is -0.752 e. The molecule has 2 rings (SSSR count). The third-order valence-corrected chi connectivity index (χ3v) is 2.15. The van der Waals surface area contributed by atoms with Crippen LogP contribution in [0.1, 0.15) is 0 Å². The molecule has 1 aliphatic rings. The second kappa shape index (κ2) is 3.24. The fraction of sp³-hybridized carbons (Fsp3) is 0.111. The van der Waals surface area contributed by atoms with Crippen LogP contribution < -0.4 is 10.1 Å². The first-order valence-electron chi connectivity index (χ1n) is 4.14. The molecule has 0 bridgehead atoms. The summed E-state index contributed by atoms with van der Waals surface area (Å²) >= 11 is 0. The Morgan fingerprint density at radius 2 is 2.00 bits per heavy atom. The molecule has 76 valence electrons. The van der Waals surface area contributed by atoms with E-state index in [1.807, 2.05) is 0 Å². The Balaban J connectivity index is 2.58. The molecule has 0 spiro atoms. The quantitative estimate of drug-likeness (QED) is 0.668. The van der Waals surface area contributed by atoms with Crippen LogP contribution in [0, 0.1) is 16.5 Å². The van der Waals surface area contributed by atoms with Crippen LogP contribution in [0.2, 0.25) is 0 Å². The maximum Gasteiger partial charge on any atom is 0.256 e. The lowest BCUT2D eigenvalue weighted by Gasteiger charge is -2.40. The number of nitrogens with zero attached hydrogens (tertiary/aromatic N) is 3. The summed E-state index contributed by atoms with van der Waals surface area (Å²) in [4.78, 5) is 11.3. The largest absolute Gasteiger partial charge is 0.752 e. The predicted molar refractivity (Wildman–Crippen MR) is 51.0 cm³/mol. The summed E-state index contributed by atoms with van der Waals surface area (Å²) in [6, 6.07) is 6.10. The Kier molecular flexibility index (Phi) is 2.04. The molecule has 1 amide bonds. The molecule has 0 saturated carbocycles. The SMILES string of the molecule is N#CC1C(=O)N([O-])c2ccccc2N1O. The molecular formula is C9H6N3O3-. The van der Waals surface area contributed by atoms with Gasteiger partial charge >= 0.3 is 0 Å². The summed E-state index contributed by atoms with van der Waals surface area (Å²) < 4.78 is 0. The number of hydroxylamine groups is 2. The van der Waals surface area contributed by atoms with Crippen LogP contribution in [0.5, 0.6) is 0 Å². The Morgan fingerprint density at radius 3 is 2.60 bits per heavy atom. The van der Waals surface area contributed by atoms with Gasteiger partial charge in [-0.2, -0.15) is 5.26 Å². The molecule has 0 aliphatic carbocycles. The second-order valence-electron chi connectivity index (χ2n) is 3.00. The normalized spacial score (nSPS) is 19.8. The van der Waals surface area contributed by atoms with E-state index < -0.39 is 11.9 Å². The highest BCUT2D eigenvalue weighted by Crippen LogP contribution is 2.33. The Morgan fingerprint density at radius 1 is 1.40 bits per heavy atom. The van der Waals surface area contributed by atoms with Crippen molar-refractivity contribution in [3.05, 3.63) is 29.5 Å². The number of nitriles is 1. The lowest BCUT2D eigenvalue weighted by atomic mass is 10.1. The van der Waals surface area contributed by atoms with E-state index in [1.165, 1.54) is 12.1 Å². The van der Waals surface area contributed by atoms with Crippen LogP contribution in [0.15, 0.2) is 24.3 Å². The lowest BCUT2D eigenvalue weighted by Crippen LogP contribution is -2.49. The van der Waals surface area contributed by atoms with Crippen molar-refractivity contribution >= 4 is 17.3 Å². The summed E-state index contributed by atoms with van der Waals surface area (Å²) in [7, 11) is 0. The van der Waals surface area contributed by atoms with Gasteiger partial charge < -0.3 is 10.3 Å². The van der Waals surface area contributed by atoms with Gasteiger partial charge in [-0.25, -0.2) is 5.06 Å². The van der Waals surface area contributed by atoms with Crippen molar-refractivity contribution in [2.45, 2.75) is 6.04 Å². The number of benzene rings is 1. The topological polar surface area (TPSA) is 90.6 Å². The van der Waals surface area contributed by atoms with Crippen molar-refractivity contribution in [2.24, 2.45) is 0 Å². The van der Waals surface area contributed by atoms with Gasteiger partial charge in [0.1, 0.15) is 6.07 Å². The van der Waals surface area contributed by atoms with E-state index in [9.17, 15) is 15.2 Å². The van der Waals surface area contributed by atoms with Crippen LogP contribution in [-0.4, -0.2) is 17.2 Å². The number of carbonyl (C=O) groups excluding carboxylic acids is 1. The maximum atomic E-state index is 11.4. The summed E-state index contributed by atoms with van der Waals surface area (Å²) in [5.41, 5.74) is 0.190. The molecular weight excluding hydrogens is 198 g/mol. The molecule has 6 nitrogen and oxygen atoms in total. The highest BCUT2D eigenvalue weighted by Gasteiger charge is 2.33. The molecule has 15 heavy (non-hydrogen) atoms. The molecule has 1 atom stereocenters. The van der Waals surface area contributed by atoms with Gasteiger partial charge in [0.2, 0.25) is 6.04 Å². The smallest absolute Gasteiger partial charge is 0.256 e. The average Bonchev–Trinajstić information content (AvgIpc) is 2.27. The number of amides is 1. The van der Waals surface area contributed by atoms with E-state index in [4.69, 9.17) is 5.26 Å². The Labute approximate surface area is 85.1 Å². The van der Waals surface area contributed by atoms with E-state index in [2.05, 4.69) is 0 Å². The summed E-state index contributed by atoms with van der Waals surface area (Å²) in [6.45, 7) is 0. The second-order valence-corrected chi connectivity index (χ2v) is 3.00. The van der Waals surface area contributed by atoms with Crippen LogP contribution >= 0.6 is 0 Å². The zero-order chi connectivity index (χ0) is 11.0. The fourth-order valence-corrected chi connectivity index (χ4v) is 1.41. The minimum absolute atomic E-state index is 0.0384. The summed E-state index contributed by atoms with van der Waals surface area (Å²) in [5, 5.41) is 30.2. The monoisotopic (exact) mass is 204 g/mol. The van der Waals surface area contributed by atoms with E-state index in [0.717, 1.165) is 0 Å². The Bertz CT molecular complexity index is 454. The van der Waals surface area contributed by atoms with Crippen LogP contribution in [-0.2, 0) is 4.79 Å². The van der Waals surface area contributed by atoms with E-state index in [0.29, 0.717) is 5.06 Å². The van der Waals surface area contributed by atoms with Crippen LogP contribution in [0.3, 0.4) is 0 Å². The molecule has 1 N–H and O–H groups in total. The molecule has 0 fully saturated rings. The van der Waals surface area contributed by atoms with Gasteiger partial charge in [0, 0.05) is 0 Å². The highest BCUT2D eigenvalue weighted by molar-refractivity contribution is 6.06. The van der Waals surface area contributed by atoms with Crippen LogP contribution in [0.4, 0.5) is 11.4 Å². The minimum atomic E-state index is -1.47. The Hall–Kier alpha value is -2.10. The van der Waals surface area contributed by atoms with Crippen LogP contribution in [0.25, 0.3) is 0 Å². The molecule has 6 heteroatoms. The van der Waals surface area contributed by atoms with Crippen molar-refractivity contribution in [2.75, 3.05) is 10.1 Å². The number of rotatable bonds is 0. The van der Waals surface area contributed by atoms with Gasteiger partial charge in [0.05, 0.1) is 11.4 Å². The number of hydrogen-bond donors (Lipinski definition) is 1. The summed E-state index contributed by atoms with van der Waals surface area (Å²) in [5.74, 6) is -0.987. The van der Waals surface area contributed by atoms with Gasteiger partial charge in [0.25, 0.3) is 5.91 Å². The summed E-state index contributed by atoms with van der Waals surface area (Å²) in [6.07, 6.45) is 0. The highest BCUT2D eigenvalue weighted by atomic mass is 16.5. The van der Waals surface area contributed by atoms with E-state index >= 15 is 0 Å². The average molecular weight is 204 g/mol. The predicted octanol–water partition coefficient (Wildman–Crippen LogP) is 0.619. The number of carbonyl (C=O) groups is 1. The molecule has 1 aliphatic heterocycles. The van der Waals surface area contributed by atoms with Gasteiger partial charge in [-0.3, -0.25) is 10.0 Å². The number of hydrogen-bond acceptors (Lipinski definition) is 5. The van der Waals surface area contributed by atoms with Gasteiger partial charge in [0.15, 0.2) is 0 Å². The van der Waals surface area contributed by atoms with Crippen molar-refractivity contribution < 1.29 is 10.0 Å². The third-order valence-electron chi connectivity index (χ3n) is 2.15. The molecule has 1 aromatic carbocycles. The van der Waals surface area contributed by atoms with Gasteiger partial charge in [-0.05, 0) is 12.1 Å². The first kappa shape index (κ1) is 9.45. The number of para-hydroxylation sites is 2. The third kappa shape index (κ3) is 1.22. The van der Waals surface area contributed by atoms with Crippen molar-refractivity contribution in [1.29, 1.82) is 5.26 Å². The van der Waals surface area contributed by atoms with Gasteiger partial charge in [-0.15, -0.1) is 0 Å². The zero-order valence-corrected chi connectivity index (χ0v) is 7.49. The van der Waals surface area contributed by atoms with Crippen molar-refractivity contribution in [1.82, 2.24) is 0 Å². The van der Waals surface area contributed by atoms with E-state index in [-0.39, 0.29) is 16.4 Å². The first-order valence-corrected chi connectivity index (χ1v) is 4.14. The van der Waals surface area contributed by atoms with E-state index in [1.54, 1.807) is 18.2 Å². The van der Waals surface area contributed by atoms with Gasteiger partial charge in [-0.1, -0.05) is 12.1 Å². The van der Waals surface area contributed by atoms with Crippen molar-refractivity contribution in [3.8, 4) is 6.07 Å². The van der Waals surface area contributed by atoms with Crippen molar-refractivity contribution in [3.63, 3.8) is 0 Å². The standard InChI is InChI=1S/C9H6N3O3/c10-5-8-9(13)12(15)7-4-2-1-3-6(7)11(8)14/h1-4,8,14H/q-1. The molecule has 0 saturated heterocycles. The molecule has 1 unspecified atom stereocenters. The fourth-order valence-electron chi connectivity index (χ4n) is 1.41.